The number of nitrogens with one attached hydrogen (secondary N) is 1. The molecule has 0 saturated heterocycles. The first kappa shape index (κ1) is 16.8. The minimum Gasteiger partial charge on any atom is -0.495 e. The van der Waals surface area contributed by atoms with E-state index in [0.717, 1.165) is 0 Å². The standard InChI is InChI=1S/C14H16ClNO5S/c1-20-13-5-4-10(15)9-14(13)22(18,19)16-7-6-11(17)12-3-2-8-21-12/h2-5,8-9,11,16-17H,6-7H2,1H3/t11-/m1/s1. The minimum atomic E-state index is -3.79. The van der Waals surface area contributed by atoms with E-state index < -0.39 is 16.1 Å². The normalized spacial score (nSPS) is 13.0. The van der Waals surface area contributed by atoms with E-state index in [0.29, 0.717) is 5.76 Å². The summed E-state index contributed by atoms with van der Waals surface area (Å²) in [5, 5.41) is 10.1. The van der Waals surface area contributed by atoms with Crippen LogP contribution in [0.25, 0.3) is 0 Å². The van der Waals surface area contributed by atoms with Gasteiger partial charge in [0.15, 0.2) is 0 Å². The van der Waals surface area contributed by atoms with Crippen LogP contribution in [0, 0.1) is 0 Å². The predicted octanol–water partition coefficient (Wildman–Crippen LogP) is 2.34. The molecule has 1 heterocycles. The molecule has 0 amide bonds. The van der Waals surface area contributed by atoms with E-state index in [1.807, 2.05) is 0 Å². The zero-order valence-electron chi connectivity index (χ0n) is 11.8. The van der Waals surface area contributed by atoms with Gasteiger partial charge >= 0.3 is 0 Å². The van der Waals surface area contributed by atoms with Crippen molar-refractivity contribution < 1.29 is 22.7 Å². The van der Waals surface area contributed by atoms with Crippen molar-refractivity contribution in [1.29, 1.82) is 0 Å². The first-order valence-corrected chi connectivity index (χ1v) is 8.35. The average Bonchev–Trinajstić information content (AvgIpc) is 3.01. The molecule has 0 aliphatic heterocycles. The maximum atomic E-state index is 12.3. The van der Waals surface area contributed by atoms with Crippen molar-refractivity contribution in [3.05, 3.63) is 47.4 Å². The summed E-state index contributed by atoms with van der Waals surface area (Å²) in [4.78, 5) is -0.0463. The van der Waals surface area contributed by atoms with Crippen LogP contribution in [0.15, 0.2) is 45.9 Å². The van der Waals surface area contributed by atoms with Gasteiger partial charge in [0.25, 0.3) is 0 Å². The lowest BCUT2D eigenvalue weighted by Gasteiger charge is -2.12. The number of sulfonamides is 1. The van der Waals surface area contributed by atoms with Gasteiger partial charge in [-0.25, -0.2) is 13.1 Å². The summed E-state index contributed by atoms with van der Waals surface area (Å²) < 4.78 is 37.0. The maximum absolute atomic E-state index is 12.3. The quantitative estimate of drug-likeness (QED) is 0.804. The topological polar surface area (TPSA) is 88.8 Å². The van der Waals surface area contributed by atoms with E-state index in [2.05, 4.69) is 4.72 Å². The SMILES string of the molecule is COc1ccc(Cl)cc1S(=O)(=O)NCC[C@@H](O)c1ccco1. The van der Waals surface area contributed by atoms with Crippen LogP contribution in [-0.2, 0) is 10.0 Å². The van der Waals surface area contributed by atoms with Gasteiger partial charge in [0.05, 0.1) is 13.4 Å². The maximum Gasteiger partial charge on any atom is 0.244 e. The van der Waals surface area contributed by atoms with E-state index in [1.165, 1.54) is 25.5 Å². The third-order valence-electron chi connectivity index (χ3n) is 3.00. The van der Waals surface area contributed by atoms with Gasteiger partial charge < -0.3 is 14.3 Å². The van der Waals surface area contributed by atoms with Gasteiger partial charge in [0.1, 0.15) is 22.5 Å². The Hall–Kier alpha value is -1.54. The van der Waals surface area contributed by atoms with Gasteiger partial charge in [-0.15, -0.1) is 0 Å². The van der Waals surface area contributed by atoms with Crippen LogP contribution >= 0.6 is 11.6 Å². The molecular weight excluding hydrogens is 330 g/mol. The highest BCUT2D eigenvalue weighted by molar-refractivity contribution is 7.89. The molecule has 120 valence electrons. The Morgan fingerprint density at radius 3 is 2.82 bits per heavy atom. The van der Waals surface area contributed by atoms with Gasteiger partial charge in [-0.05, 0) is 36.8 Å². The monoisotopic (exact) mass is 345 g/mol. The molecule has 22 heavy (non-hydrogen) atoms. The van der Waals surface area contributed by atoms with Crippen LogP contribution in [0.1, 0.15) is 18.3 Å². The minimum absolute atomic E-state index is 0.0415. The van der Waals surface area contributed by atoms with Crippen LogP contribution in [-0.4, -0.2) is 27.2 Å². The summed E-state index contributed by atoms with van der Waals surface area (Å²) in [5.74, 6) is 0.586. The Balaban J connectivity index is 2.04. The molecule has 0 saturated carbocycles. The van der Waals surface area contributed by atoms with Crippen molar-refractivity contribution in [3.63, 3.8) is 0 Å². The van der Waals surface area contributed by atoms with Gasteiger partial charge in [-0.3, -0.25) is 0 Å². The summed E-state index contributed by atoms with van der Waals surface area (Å²) in [6, 6.07) is 7.61. The number of benzene rings is 1. The summed E-state index contributed by atoms with van der Waals surface area (Å²) >= 11 is 5.83. The van der Waals surface area contributed by atoms with Crippen molar-refractivity contribution in [3.8, 4) is 5.75 Å². The largest absolute Gasteiger partial charge is 0.495 e. The molecular formula is C14H16ClNO5S. The van der Waals surface area contributed by atoms with E-state index >= 15 is 0 Å². The molecule has 2 N–H and O–H groups in total. The average molecular weight is 346 g/mol. The third kappa shape index (κ3) is 4.01. The Labute approximate surface area is 133 Å². The van der Waals surface area contributed by atoms with Crippen molar-refractivity contribution in [2.75, 3.05) is 13.7 Å². The molecule has 2 rings (SSSR count). The third-order valence-corrected chi connectivity index (χ3v) is 4.71. The molecule has 1 aromatic heterocycles. The zero-order valence-corrected chi connectivity index (χ0v) is 13.4. The Bertz CT molecular complexity index is 715. The summed E-state index contributed by atoms with van der Waals surface area (Å²) in [7, 11) is -2.41. The van der Waals surface area contributed by atoms with Crippen LogP contribution in [0.5, 0.6) is 5.75 Å². The molecule has 0 aliphatic carbocycles. The van der Waals surface area contributed by atoms with E-state index in [-0.39, 0.29) is 28.6 Å². The van der Waals surface area contributed by atoms with Gasteiger partial charge in [-0.2, -0.15) is 0 Å². The number of furan rings is 1. The second-order valence-corrected chi connectivity index (χ2v) is 6.68. The van der Waals surface area contributed by atoms with Crippen LogP contribution in [0.3, 0.4) is 0 Å². The Morgan fingerprint density at radius 1 is 1.41 bits per heavy atom. The first-order valence-electron chi connectivity index (χ1n) is 6.48. The number of aliphatic hydroxyl groups is 1. The fourth-order valence-electron chi connectivity index (χ4n) is 1.89. The fraction of sp³-hybridized carbons (Fsp3) is 0.286. The van der Waals surface area contributed by atoms with Crippen molar-refractivity contribution in [1.82, 2.24) is 4.72 Å². The number of hydrogen-bond acceptors (Lipinski definition) is 5. The molecule has 8 heteroatoms. The number of aliphatic hydroxyl groups excluding tert-OH is 1. The molecule has 0 spiro atoms. The first-order chi connectivity index (χ1) is 10.4. The summed E-state index contributed by atoms with van der Waals surface area (Å²) in [5.41, 5.74) is 0. The van der Waals surface area contributed by atoms with Gasteiger partial charge in [-0.1, -0.05) is 11.6 Å². The van der Waals surface area contributed by atoms with E-state index in [9.17, 15) is 13.5 Å². The lowest BCUT2D eigenvalue weighted by Crippen LogP contribution is -2.26. The van der Waals surface area contributed by atoms with Crippen LogP contribution in [0.2, 0.25) is 5.02 Å². The second kappa shape index (κ2) is 7.15. The smallest absolute Gasteiger partial charge is 0.244 e. The van der Waals surface area contributed by atoms with E-state index in [1.54, 1.807) is 18.2 Å². The zero-order chi connectivity index (χ0) is 16.2. The number of hydrogen-bond donors (Lipinski definition) is 2. The van der Waals surface area contributed by atoms with Gasteiger partial charge in [0.2, 0.25) is 10.0 Å². The number of rotatable bonds is 7. The molecule has 0 fully saturated rings. The summed E-state index contributed by atoms with van der Waals surface area (Å²) in [6.45, 7) is 0.0415. The number of halogens is 1. The van der Waals surface area contributed by atoms with E-state index in [4.69, 9.17) is 20.8 Å². The predicted molar refractivity (Wildman–Crippen MR) is 81.5 cm³/mol. The number of methoxy groups -OCH3 is 1. The Morgan fingerprint density at radius 2 is 2.18 bits per heavy atom. The second-order valence-electron chi connectivity index (χ2n) is 4.51. The van der Waals surface area contributed by atoms with Crippen molar-refractivity contribution in [2.45, 2.75) is 17.4 Å². The molecule has 0 radical (unpaired) electrons. The highest BCUT2D eigenvalue weighted by Gasteiger charge is 2.20. The lowest BCUT2D eigenvalue weighted by atomic mass is 10.2. The van der Waals surface area contributed by atoms with Gasteiger partial charge in [0, 0.05) is 11.6 Å². The van der Waals surface area contributed by atoms with Crippen LogP contribution in [0.4, 0.5) is 0 Å². The van der Waals surface area contributed by atoms with Crippen LogP contribution < -0.4 is 9.46 Å². The molecule has 1 atom stereocenters. The Kier molecular flexibility index (Phi) is 5.47. The molecule has 1 aromatic carbocycles. The molecule has 0 aliphatic rings. The summed E-state index contributed by atoms with van der Waals surface area (Å²) in [6.07, 6.45) is 0.744. The molecule has 6 nitrogen and oxygen atoms in total. The van der Waals surface area contributed by atoms with Crippen molar-refractivity contribution in [2.24, 2.45) is 0 Å². The highest BCUT2D eigenvalue weighted by Crippen LogP contribution is 2.27. The number of ether oxygens (including phenoxy) is 1. The molecule has 2 aromatic rings. The molecule has 0 bridgehead atoms. The lowest BCUT2D eigenvalue weighted by molar-refractivity contribution is 0.141. The molecule has 0 unspecified atom stereocenters. The highest BCUT2D eigenvalue weighted by atomic mass is 35.5. The van der Waals surface area contributed by atoms with Crippen molar-refractivity contribution >= 4 is 21.6 Å². The fourth-order valence-corrected chi connectivity index (χ4v) is 3.37.